The van der Waals surface area contributed by atoms with Crippen molar-refractivity contribution in [3.8, 4) is 0 Å². The molecule has 1 aliphatic carbocycles. The fourth-order valence-electron chi connectivity index (χ4n) is 1.33. The molecule has 1 N–H and O–H groups in total. The first-order chi connectivity index (χ1) is 5.09. The molecule has 1 aliphatic rings. The van der Waals surface area contributed by atoms with Crippen molar-refractivity contribution in [1.29, 1.82) is 0 Å². The van der Waals surface area contributed by atoms with Crippen LogP contribution in [-0.4, -0.2) is 16.9 Å². The van der Waals surface area contributed by atoms with Crippen LogP contribution in [0.1, 0.15) is 19.3 Å². The Hall–Kier alpha value is -1.12. The molecule has 1 unspecified atom stereocenters. The van der Waals surface area contributed by atoms with Gasteiger partial charge in [0.1, 0.15) is 0 Å². The Bertz CT molecular complexity index is 201. The predicted molar refractivity (Wildman–Crippen MR) is 39.1 cm³/mol. The van der Waals surface area contributed by atoms with Gasteiger partial charge in [0, 0.05) is 12.8 Å². The van der Waals surface area contributed by atoms with Crippen molar-refractivity contribution in [2.75, 3.05) is 0 Å². The number of aliphatic carboxylic acids is 1. The van der Waals surface area contributed by atoms with E-state index in [9.17, 15) is 9.59 Å². The Morgan fingerprint density at radius 3 is 2.64 bits per heavy atom. The van der Waals surface area contributed by atoms with E-state index < -0.39 is 5.97 Å². The van der Waals surface area contributed by atoms with Gasteiger partial charge < -0.3 is 5.11 Å². The van der Waals surface area contributed by atoms with Gasteiger partial charge in [-0.3, -0.25) is 9.59 Å². The molecule has 60 valence electrons. The molecule has 0 bridgehead atoms. The van der Waals surface area contributed by atoms with Gasteiger partial charge in [0.2, 0.25) is 0 Å². The van der Waals surface area contributed by atoms with Crippen molar-refractivity contribution in [1.82, 2.24) is 0 Å². The van der Waals surface area contributed by atoms with Gasteiger partial charge in [-0.15, -0.1) is 0 Å². The topological polar surface area (TPSA) is 54.4 Å². The molecule has 0 spiro atoms. The molecule has 1 rings (SSSR count). The second-order valence-electron chi connectivity index (χ2n) is 2.90. The number of allylic oxidation sites excluding steroid dienone is 1. The molecule has 0 aromatic heterocycles. The Balaban J connectivity index is 2.47. The third kappa shape index (κ3) is 1.90. The number of carboxylic acids is 1. The number of carbonyl (C=O) groups is 2. The molecule has 11 heavy (non-hydrogen) atoms. The second kappa shape index (κ2) is 2.86. The van der Waals surface area contributed by atoms with Crippen LogP contribution >= 0.6 is 0 Å². The standard InChI is InChI=1S/C8H10O3/c1-5-2-6(3-7(5)9)4-8(10)11/h6H,1-4H2,(H,10,11). The van der Waals surface area contributed by atoms with Crippen LogP contribution in [0, 0.1) is 5.92 Å². The van der Waals surface area contributed by atoms with Crippen LogP contribution in [0.25, 0.3) is 0 Å². The Labute approximate surface area is 64.7 Å². The van der Waals surface area contributed by atoms with Crippen molar-refractivity contribution in [3.05, 3.63) is 12.2 Å². The minimum atomic E-state index is -0.836. The third-order valence-corrected chi connectivity index (χ3v) is 1.87. The first-order valence-electron chi connectivity index (χ1n) is 3.52. The summed E-state index contributed by atoms with van der Waals surface area (Å²) in [6, 6.07) is 0. The van der Waals surface area contributed by atoms with E-state index >= 15 is 0 Å². The highest BCUT2D eigenvalue weighted by molar-refractivity contribution is 5.97. The van der Waals surface area contributed by atoms with E-state index in [0.29, 0.717) is 18.4 Å². The maximum Gasteiger partial charge on any atom is 0.303 e. The highest BCUT2D eigenvalue weighted by Gasteiger charge is 2.27. The molecule has 3 nitrogen and oxygen atoms in total. The van der Waals surface area contributed by atoms with Crippen LogP contribution in [0.3, 0.4) is 0 Å². The lowest BCUT2D eigenvalue weighted by Crippen LogP contribution is -2.03. The number of Topliss-reactive ketones (excluding diaryl/α,β-unsaturated/α-hetero) is 1. The summed E-state index contributed by atoms with van der Waals surface area (Å²) < 4.78 is 0. The molecule has 0 aromatic carbocycles. The van der Waals surface area contributed by atoms with Gasteiger partial charge in [-0.2, -0.15) is 0 Å². The summed E-state index contributed by atoms with van der Waals surface area (Å²) in [5, 5.41) is 8.41. The summed E-state index contributed by atoms with van der Waals surface area (Å²) in [6.45, 7) is 3.55. The van der Waals surface area contributed by atoms with Crippen LogP contribution < -0.4 is 0 Å². The van der Waals surface area contributed by atoms with Gasteiger partial charge in [0.15, 0.2) is 5.78 Å². The van der Waals surface area contributed by atoms with Crippen LogP contribution in [0.4, 0.5) is 0 Å². The van der Waals surface area contributed by atoms with E-state index in [2.05, 4.69) is 6.58 Å². The van der Waals surface area contributed by atoms with Gasteiger partial charge in [-0.1, -0.05) is 6.58 Å². The second-order valence-corrected chi connectivity index (χ2v) is 2.90. The molecule has 0 heterocycles. The Kier molecular flexibility index (Phi) is 2.08. The average Bonchev–Trinajstić information content (AvgIpc) is 2.10. The van der Waals surface area contributed by atoms with E-state index in [1.807, 2.05) is 0 Å². The van der Waals surface area contributed by atoms with Gasteiger partial charge >= 0.3 is 5.97 Å². The molecule has 3 heteroatoms. The van der Waals surface area contributed by atoms with Crippen LogP contribution in [0.5, 0.6) is 0 Å². The Morgan fingerprint density at radius 1 is 1.64 bits per heavy atom. The van der Waals surface area contributed by atoms with Gasteiger partial charge in [-0.05, 0) is 17.9 Å². The number of carboxylic acid groups (broad SMARTS) is 1. The fourth-order valence-corrected chi connectivity index (χ4v) is 1.33. The first-order valence-corrected chi connectivity index (χ1v) is 3.52. The quantitative estimate of drug-likeness (QED) is 0.603. The zero-order valence-electron chi connectivity index (χ0n) is 6.17. The zero-order valence-corrected chi connectivity index (χ0v) is 6.17. The highest BCUT2D eigenvalue weighted by Crippen LogP contribution is 2.28. The molecule has 0 amide bonds. The van der Waals surface area contributed by atoms with E-state index in [1.165, 1.54) is 0 Å². The van der Waals surface area contributed by atoms with Gasteiger partial charge in [0.05, 0.1) is 0 Å². The maximum atomic E-state index is 10.9. The molecular formula is C8H10O3. The van der Waals surface area contributed by atoms with Gasteiger partial charge in [-0.25, -0.2) is 0 Å². The Morgan fingerprint density at radius 2 is 2.27 bits per heavy atom. The summed E-state index contributed by atoms with van der Waals surface area (Å²) in [5.74, 6) is -0.818. The number of hydrogen-bond donors (Lipinski definition) is 1. The lowest BCUT2D eigenvalue weighted by molar-refractivity contribution is -0.138. The molecule has 0 saturated heterocycles. The first kappa shape index (κ1) is 7.98. The minimum absolute atomic E-state index is 0.00694. The van der Waals surface area contributed by atoms with E-state index in [0.717, 1.165) is 0 Å². The van der Waals surface area contributed by atoms with Crippen molar-refractivity contribution in [3.63, 3.8) is 0 Å². The highest BCUT2D eigenvalue weighted by atomic mass is 16.4. The SMILES string of the molecule is C=C1CC(CC(=O)O)CC1=O. The summed E-state index contributed by atoms with van der Waals surface area (Å²) in [6.07, 6.45) is 1.01. The molecule has 0 aromatic rings. The van der Waals surface area contributed by atoms with E-state index in [-0.39, 0.29) is 18.1 Å². The summed E-state index contributed by atoms with van der Waals surface area (Å²) in [4.78, 5) is 21.1. The van der Waals surface area contributed by atoms with Crippen molar-refractivity contribution >= 4 is 11.8 Å². The van der Waals surface area contributed by atoms with Gasteiger partial charge in [0.25, 0.3) is 0 Å². The fraction of sp³-hybridized carbons (Fsp3) is 0.500. The number of ketones is 1. The van der Waals surface area contributed by atoms with Crippen LogP contribution in [0.15, 0.2) is 12.2 Å². The average molecular weight is 154 g/mol. The molecule has 0 aliphatic heterocycles. The minimum Gasteiger partial charge on any atom is -0.481 e. The summed E-state index contributed by atoms with van der Waals surface area (Å²) in [5.41, 5.74) is 0.580. The molecule has 1 atom stereocenters. The van der Waals surface area contributed by atoms with Crippen LogP contribution in [-0.2, 0) is 9.59 Å². The van der Waals surface area contributed by atoms with E-state index in [4.69, 9.17) is 5.11 Å². The van der Waals surface area contributed by atoms with Crippen molar-refractivity contribution < 1.29 is 14.7 Å². The largest absolute Gasteiger partial charge is 0.481 e. The van der Waals surface area contributed by atoms with Crippen molar-refractivity contribution in [2.45, 2.75) is 19.3 Å². The third-order valence-electron chi connectivity index (χ3n) is 1.87. The molecule has 0 radical (unpaired) electrons. The van der Waals surface area contributed by atoms with Crippen LogP contribution in [0.2, 0.25) is 0 Å². The number of rotatable bonds is 2. The number of hydrogen-bond acceptors (Lipinski definition) is 2. The van der Waals surface area contributed by atoms with E-state index in [1.54, 1.807) is 0 Å². The number of carbonyl (C=O) groups excluding carboxylic acids is 1. The molecular weight excluding hydrogens is 144 g/mol. The maximum absolute atomic E-state index is 10.9. The molecule has 1 fully saturated rings. The lowest BCUT2D eigenvalue weighted by Gasteiger charge is -2.00. The monoisotopic (exact) mass is 154 g/mol. The summed E-state index contributed by atoms with van der Waals surface area (Å²) in [7, 11) is 0. The zero-order chi connectivity index (χ0) is 8.43. The summed E-state index contributed by atoms with van der Waals surface area (Å²) >= 11 is 0. The smallest absolute Gasteiger partial charge is 0.303 e. The van der Waals surface area contributed by atoms with Crippen molar-refractivity contribution in [2.24, 2.45) is 5.92 Å². The predicted octanol–water partition coefficient (Wildman–Crippen LogP) is 0.996. The molecule has 1 saturated carbocycles. The lowest BCUT2D eigenvalue weighted by atomic mass is 10.0. The normalized spacial score (nSPS) is 24.2.